The lowest BCUT2D eigenvalue weighted by Crippen LogP contribution is -2.31. The standard InChI is InChI=1S/C22H20N6/c23-20-21(27-19-9-3-8-18-17(19)7-4-11-24-18)25-14-26-22(20)28-12-10-15-5-1-2-6-16(15)13-28/h1-9,11,14H,10,12-13,23H2,(H,25,26,27). The molecule has 0 unspecified atom stereocenters. The number of nitrogens with one attached hydrogen (secondary N) is 1. The van der Waals surface area contributed by atoms with Gasteiger partial charge >= 0.3 is 0 Å². The fourth-order valence-electron chi connectivity index (χ4n) is 3.75. The van der Waals surface area contributed by atoms with Gasteiger partial charge in [-0.2, -0.15) is 0 Å². The number of hydrogen-bond acceptors (Lipinski definition) is 6. The van der Waals surface area contributed by atoms with Gasteiger partial charge in [0.2, 0.25) is 0 Å². The molecule has 0 fully saturated rings. The predicted octanol–water partition coefficient (Wildman–Crippen LogP) is 3.91. The minimum atomic E-state index is 0.558. The summed E-state index contributed by atoms with van der Waals surface area (Å²) in [4.78, 5) is 15.5. The molecule has 5 rings (SSSR count). The SMILES string of the molecule is Nc1c(Nc2cccc3ncccc23)ncnc1N1CCc2ccccc2C1. The Morgan fingerprint density at radius 3 is 2.71 bits per heavy atom. The van der Waals surface area contributed by atoms with Gasteiger partial charge in [-0.15, -0.1) is 0 Å². The first kappa shape index (κ1) is 16.5. The van der Waals surface area contributed by atoms with E-state index in [0.717, 1.165) is 41.9 Å². The van der Waals surface area contributed by atoms with Crippen molar-refractivity contribution in [1.29, 1.82) is 0 Å². The first-order chi connectivity index (χ1) is 13.8. The third kappa shape index (κ3) is 2.89. The summed E-state index contributed by atoms with van der Waals surface area (Å²) in [5.74, 6) is 1.38. The molecule has 0 amide bonds. The smallest absolute Gasteiger partial charge is 0.159 e. The van der Waals surface area contributed by atoms with Crippen LogP contribution >= 0.6 is 0 Å². The highest BCUT2D eigenvalue weighted by Gasteiger charge is 2.20. The summed E-state index contributed by atoms with van der Waals surface area (Å²) in [5.41, 5.74) is 11.6. The van der Waals surface area contributed by atoms with Crippen LogP contribution in [0.1, 0.15) is 11.1 Å². The lowest BCUT2D eigenvalue weighted by atomic mass is 10.00. The lowest BCUT2D eigenvalue weighted by Gasteiger charge is -2.30. The van der Waals surface area contributed by atoms with E-state index in [4.69, 9.17) is 5.73 Å². The molecule has 0 saturated heterocycles. The van der Waals surface area contributed by atoms with Crippen molar-refractivity contribution < 1.29 is 0 Å². The molecule has 3 N–H and O–H groups in total. The largest absolute Gasteiger partial charge is 0.393 e. The van der Waals surface area contributed by atoms with E-state index in [1.807, 2.05) is 30.3 Å². The number of nitrogens with zero attached hydrogens (tertiary/aromatic N) is 4. The fourth-order valence-corrected chi connectivity index (χ4v) is 3.75. The van der Waals surface area contributed by atoms with Gasteiger partial charge in [-0.05, 0) is 41.8 Å². The van der Waals surface area contributed by atoms with E-state index < -0.39 is 0 Å². The van der Waals surface area contributed by atoms with Crippen molar-refractivity contribution >= 4 is 33.9 Å². The van der Waals surface area contributed by atoms with Crippen molar-refractivity contribution in [3.8, 4) is 0 Å². The molecule has 6 heteroatoms. The molecule has 4 aromatic rings. The molecular formula is C22H20N6. The first-order valence-electron chi connectivity index (χ1n) is 9.32. The third-order valence-corrected chi connectivity index (χ3v) is 5.19. The Labute approximate surface area is 163 Å². The molecule has 1 aliphatic heterocycles. The molecular weight excluding hydrogens is 348 g/mol. The van der Waals surface area contributed by atoms with Gasteiger partial charge in [0.05, 0.1) is 5.52 Å². The number of pyridine rings is 1. The van der Waals surface area contributed by atoms with Gasteiger partial charge in [-0.1, -0.05) is 30.3 Å². The number of anilines is 4. The molecule has 2 aromatic carbocycles. The number of fused-ring (bicyclic) bond motifs is 2. The quantitative estimate of drug-likeness (QED) is 0.571. The summed E-state index contributed by atoms with van der Waals surface area (Å²) in [5, 5.41) is 4.40. The van der Waals surface area contributed by atoms with Crippen LogP contribution in [0.5, 0.6) is 0 Å². The van der Waals surface area contributed by atoms with E-state index in [-0.39, 0.29) is 0 Å². The zero-order valence-electron chi connectivity index (χ0n) is 15.3. The molecule has 2 aromatic heterocycles. The van der Waals surface area contributed by atoms with Crippen LogP contribution in [0, 0.1) is 0 Å². The van der Waals surface area contributed by atoms with E-state index in [1.165, 1.54) is 11.1 Å². The minimum absolute atomic E-state index is 0.558. The second kappa shape index (κ2) is 6.81. The second-order valence-electron chi connectivity index (χ2n) is 6.90. The van der Waals surface area contributed by atoms with Crippen molar-refractivity contribution in [2.24, 2.45) is 0 Å². The van der Waals surface area contributed by atoms with Crippen LogP contribution in [0.4, 0.5) is 23.0 Å². The van der Waals surface area contributed by atoms with E-state index in [9.17, 15) is 0 Å². The van der Waals surface area contributed by atoms with E-state index >= 15 is 0 Å². The molecule has 0 saturated carbocycles. The Kier molecular flexibility index (Phi) is 4.01. The van der Waals surface area contributed by atoms with Gasteiger partial charge in [0, 0.05) is 30.4 Å². The van der Waals surface area contributed by atoms with Crippen LogP contribution in [0.25, 0.3) is 10.9 Å². The maximum absolute atomic E-state index is 6.48. The van der Waals surface area contributed by atoms with Gasteiger partial charge in [0.1, 0.15) is 12.0 Å². The third-order valence-electron chi connectivity index (χ3n) is 5.19. The predicted molar refractivity (Wildman–Crippen MR) is 113 cm³/mol. The number of nitrogen functional groups attached to an aromatic ring is 1. The van der Waals surface area contributed by atoms with Crippen molar-refractivity contribution in [3.05, 3.63) is 78.2 Å². The molecule has 3 heterocycles. The second-order valence-corrected chi connectivity index (χ2v) is 6.90. The average Bonchev–Trinajstić information content (AvgIpc) is 2.75. The molecule has 6 nitrogen and oxygen atoms in total. The highest BCUT2D eigenvalue weighted by molar-refractivity contribution is 5.94. The van der Waals surface area contributed by atoms with Gasteiger partial charge < -0.3 is 16.0 Å². The normalized spacial score (nSPS) is 13.4. The fraction of sp³-hybridized carbons (Fsp3) is 0.136. The average molecular weight is 368 g/mol. The number of hydrogen-bond donors (Lipinski definition) is 2. The zero-order valence-corrected chi connectivity index (χ0v) is 15.3. The van der Waals surface area contributed by atoms with E-state index in [1.54, 1.807) is 12.5 Å². The summed E-state index contributed by atoms with van der Waals surface area (Å²) in [6.07, 6.45) is 4.34. The van der Waals surface area contributed by atoms with Gasteiger partial charge in [0.25, 0.3) is 0 Å². The summed E-state index contributed by atoms with van der Waals surface area (Å²) in [7, 11) is 0. The summed E-state index contributed by atoms with van der Waals surface area (Å²) >= 11 is 0. The Morgan fingerprint density at radius 2 is 1.79 bits per heavy atom. The Bertz CT molecular complexity index is 1150. The van der Waals surface area contributed by atoms with Crippen LogP contribution in [-0.2, 0) is 13.0 Å². The zero-order chi connectivity index (χ0) is 18.9. The number of benzene rings is 2. The Balaban J connectivity index is 1.48. The molecule has 1 aliphatic rings. The van der Waals surface area contributed by atoms with Crippen molar-refractivity contribution in [1.82, 2.24) is 15.0 Å². The van der Waals surface area contributed by atoms with Crippen molar-refractivity contribution in [2.75, 3.05) is 22.5 Å². The van der Waals surface area contributed by atoms with Crippen molar-refractivity contribution in [2.45, 2.75) is 13.0 Å². The van der Waals surface area contributed by atoms with Gasteiger partial charge in [0.15, 0.2) is 11.6 Å². The number of aromatic nitrogens is 3. The highest BCUT2D eigenvalue weighted by Crippen LogP contribution is 2.33. The lowest BCUT2D eigenvalue weighted by molar-refractivity contribution is 0.721. The van der Waals surface area contributed by atoms with Crippen LogP contribution in [0.3, 0.4) is 0 Å². The van der Waals surface area contributed by atoms with Gasteiger partial charge in [-0.3, -0.25) is 4.98 Å². The first-order valence-corrected chi connectivity index (χ1v) is 9.32. The molecule has 138 valence electrons. The van der Waals surface area contributed by atoms with E-state index in [0.29, 0.717) is 11.5 Å². The highest BCUT2D eigenvalue weighted by atomic mass is 15.2. The Morgan fingerprint density at radius 1 is 0.893 bits per heavy atom. The minimum Gasteiger partial charge on any atom is -0.393 e. The molecule has 0 bridgehead atoms. The molecule has 0 spiro atoms. The molecule has 0 atom stereocenters. The molecule has 28 heavy (non-hydrogen) atoms. The van der Waals surface area contributed by atoms with E-state index in [2.05, 4.69) is 49.4 Å². The monoisotopic (exact) mass is 368 g/mol. The van der Waals surface area contributed by atoms with Crippen LogP contribution in [0.2, 0.25) is 0 Å². The maximum atomic E-state index is 6.48. The number of rotatable bonds is 3. The van der Waals surface area contributed by atoms with Crippen LogP contribution in [0.15, 0.2) is 67.1 Å². The summed E-state index contributed by atoms with van der Waals surface area (Å²) in [6.45, 7) is 1.69. The molecule has 0 aliphatic carbocycles. The van der Waals surface area contributed by atoms with Crippen LogP contribution in [-0.4, -0.2) is 21.5 Å². The van der Waals surface area contributed by atoms with Gasteiger partial charge in [-0.25, -0.2) is 9.97 Å². The van der Waals surface area contributed by atoms with Crippen molar-refractivity contribution in [3.63, 3.8) is 0 Å². The summed E-state index contributed by atoms with van der Waals surface area (Å²) in [6, 6.07) is 18.4. The van der Waals surface area contributed by atoms with Crippen LogP contribution < -0.4 is 16.0 Å². The maximum Gasteiger partial charge on any atom is 0.159 e. The molecule has 0 radical (unpaired) electrons. The summed E-state index contributed by atoms with van der Waals surface area (Å²) < 4.78 is 0. The number of nitrogens with two attached hydrogens (primary N) is 1. The topological polar surface area (TPSA) is 80.0 Å². The Hall–Kier alpha value is -3.67.